The summed E-state index contributed by atoms with van der Waals surface area (Å²) in [5, 5.41) is 13.8. The third kappa shape index (κ3) is 5.75. The van der Waals surface area contributed by atoms with Crippen molar-refractivity contribution in [1.82, 2.24) is 9.47 Å². The van der Waals surface area contributed by atoms with Gasteiger partial charge < -0.3 is 14.8 Å². The number of anilines is 1. The van der Waals surface area contributed by atoms with Gasteiger partial charge in [0.1, 0.15) is 0 Å². The van der Waals surface area contributed by atoms with Gasteiger partial charge in [-0.15, -0.1) is 0 Å². The molecule has 1 aromatic heterocycles. The number of aryl methyl sites for hydroxylation is 1. The van der Waals surface area contributed by atoms with E-state index >= 15 is 0 Å². The Hall–Kier alpha value is -3.61. The lowest BCUT2D eigenvalue weighted by atomic mass is 10.0. The Morgan fingerprint density at radius 1 is 1.09 bits per heavy atom. The number of urea groups is 1. The molecule has 168 valence electrons. The van der Waals surface area contributed by atoms with Crippen LogP contribution in [0.25, 0.3) is 0 Å². The van der Waals surface area contributed by atoms with Crippen LogP contribution in [0, 0.1) is 23.0 Å². The predicted molar refractivity (Wildman–Crippen MR) is 127 cm³/mol. The first-order chi connectivity index (χ1) is 15.2. The molecule has 2 amide bonds. The van der Waals surface area contributed by atoms with Crippen molar-refractivity contribution in [2.24, 2.45) is 5.92 Å². The zero-order valence-electron chi connectivity index (χ0n) is 19.0. The number of nitro groups is 1. The molecule has 1 heterocycles. The second kappa shape index (κ2) is 10.1. The van der Waals surface area contributed by atoms with Gasteiger partial charge >= 0.3 is 6.03 Å². The van der Waals surface area contributed by atoms with Crippen molar-refractivity contribution < 1.29 is 9.72 Å². The Kier molecular flexibility index (Phi) is 7.30. The fourth-order valence-corrected chi connectivity index (χ4v) is 3.55. The molecule has 3 rings (SSSR count). The summed E-state index contributed by atoms with van der Waals surface area (Å²) in [7, 11) is 0. The van der Waals surface area contributed by atoms with E-state index in [4.69, 9.17) is 0 Å². The molecule has 32 heavy (non-hydrogen) atoms. The number of nitro benzene ring substituents is 1. The number of nitrogens with one attached hydrogen (secondary N) is 1. The third-order valence-electron chi connectivity index (χ3n) is 5.74. The van der Waals surface area contributed by atoms with Gasteiger partial charge in [0.05, 0.1) is 11.5 Å². The monoisotopic (exact) mass is 434 g/mol. The summed E-state index contributed by atoms with van der Waals surface area (Å²) in [5.74, 6) is 0.262. The van der Waals surface area contributed by atoms with Crippen molar-refractivity contribution in [3.05, 3.63) is 93.8 Å². The molecule has 0 bridgehead atoms. The zero-order chi connectivity index (χ0) is 23.3. The molecule has 0 aliphatic carbocycles. The summed E-state index contributed by atoms with van der Waals surface area (Å²) >= 11 is 0. The molecule has 0 radical (unpaired) electrons. The van der Waals surface area contributed by atoms with Crippen LogP contribution in [0.4, 0.5) is 16.2 Å². The number of benzene rings is 2. The summed E-state index contributed by atoms with van der Waals surface area (Å²) in [6.45, 7) is 9.47. The van der Waals surface area contributed by atoms with Gasteiger partial charge in [0, 0.05) is 42.3 Å². The quantitative estimate of drug-likeness (QED) is 0.358. The highest BCUT2D eigenvalue weighted by molar-refractivity contribution is 5.89. The molecular weight excluding hydrogens is 404 g/mol. The summed E-state index contributed by atoms with van der Waals surface area (Å²) in [5.41, 5.74) is 3.98. The Balaban J connectivity index is 1.79. The number of nitrogens with zero attached hydrogens (tertiary/aromatic N) is 3. The lowest BCUT2D eigenvalue weighted by molar-refractivity contribution is -0.384. The molecule has 0 saturated heterocycles. The number of hydrogen-bond donors (Lipinski definition) is 1. The maximum Gasteiger partial charge on any atom is 0.322 e. The van der Waals surface area contributed by atoms with E-state index < -0.39 is 4.92 Å². The molecule has 1 atom stereocenters. The van der Waals surface area contributed by atoms with Crippen LogP contribution in [-0.2, 0) is 13.1 Å². The van der Waals surface area contributed by atoms with Crippen LogP contribution < -0.4 is 5.32 Å². The Morgan fingerprint density at radius 3 is 2.44 bits per heavy atom. The molecule has 1 N–H and O–H groups in total. The smallest absolute Gasteiger partial charge is 0.322 e. The fourth-order valence-electron chi connectivity index (χ4n) is 3.55. The van der Waals surface area contributed by atoms with E-state index in [0.29, 0.717) is 12.2 Å². The van der Waals surface area contributed by atoms with Gasteiger partial charge in [-0.05, 0) is 49.6 Å². The first-order valence-electron chi connectivity index (χ1n) is 10.8. The van der Waals surface area contributed by atoms with Crippen LogP contribution in [-0.4, -0.2) is 26.5 Å². The van der Waals surface area contributed by atoms with E-state index in [9.17, 15) is 14.9 Å². The molecule has 7 heteroatoms. The topological polar surface area (TPSA) is 80.4 Å². The Bertz CT molecular complexity index is 1070. The van der Waals surface area contributed by atoms with Crippen LogP contribution in [0.15, 0.2) is 66.9 Å². The maximum atomic E-state index is 13.2. The normalized spacial score (nSPS) is 11.9. The molecule has 0 spiro atoms. The minimum Gasteiger partial charge on any atom is -0.345 e. The standard InChI is InChI=1S/C25H30N4O3/c1-18(2)20(4)28(25(30)26-22-10-12-23(13-11-22)29(31)32)17-24-9-6-14-27(24)16-21-8-5-7-19(3)15-21/h5-15,18,20H,16-17H2,1-4H3,(H,26,30). The molecule has 0 aliphatic heterocycles. The molecule has 0 aliphatic rings. The summed E-state index contributed by atoms with van der Waals surface area (Å²) < 4.78 is 2.16. The van der Waals surface area contributed by atoms with Crippen molar-refractivity contribution in [3.63, 3.8) is 0 Å². The van der Waals surface area contributed by atoms with E-state index in [2.05, 4.69) is 54.9 Å². The van der Waals surface area contributed by atoms with Crippen LogP contribution in [0.2, 0.25) is 0 Å². The lowest BCUT2D eigenvalue weighted by Gasteiger charge is -2.32. The lowest BCUT2D eigenvalue weighted by Crippen LogP contribution is -2.43. The van der Waals surface area contributed by atoms with Gasteiger partial charge in [-0.2, -0.15) is 0 Å². The van der Waals surface area contributed by atoms with E-state index in [1.54, 1.807) is 12.1 Å². The third-order valence-corrected chi connectivity index (χ3v) is 5.74. The van der Waals surface area contributed by atoms with E-state index in [-0.39, 0.29) is 23.7 Å². The highest BCUT2D eigenvalue weighted by Gasteiger charge is 2.24. The highest BCUT2D eigenvalue weighted by Crippen LogP contribution is 2.20. The molecule has 2 aromatic carbocycles. The first kappa shape index (κ1) is 23.1. The SMILES string of the molecule is Cc1cccc(Cn2cccc2CN(C(=O)Nc2ccc([N+](=O)[O-])cc2)C(C)C(C)C)c1. The van der Waals surface area contributed by atoms with Gasteiger partial charge in [0.15, 0.2) is 0 Å². The Labute approximate surface area is 188 Å². The second-order valence-electron chi connectivity index (χ2n) is 8.46. The molecule has 0 saturated carbocycles. The molecular formula is C25H30N4O3. The van der Waals surface area contributed by atoms with E-state index in [1.807, 2.05) is 30.2 Å². The van der Waals surface area contributed by atoms with Gasteiger partial charge in [0.2, 0.25) is 0 Å². The average Bonchev–Trinajstić information content (AvgIpc) is 3.18. The number of carbonyl (C=O) groups excluding carboxylic acids is 1. The maximum absolute atomic E-state index is 13.2. The van der Waals surface area contributed by atoms with Crippen LogP contribution in [0.5, 0.6) is 0 Å². The number of rotatable bonds is 8. The van der Waals surface area contributed by atoms with Gasteiger partial charge in [-0.1, -0.05) is 43.7 Å². The number of non-ortho nitro benzene ring substituents is 1. The fraction of sp³-hybridized carbons (Fsp3) is 0.320. The van der Waals surface area contributed by atoms with Crippen molar-refractivity contribution in [1.29, 1.82) is 0 Å². The van der Waals surface area contributed by atoms with E-state index in [1.165, 1.54) is 23.3 Å². The largest absolute Gasteiger partial charge is 0.345 e. The van der Waals surface area contributed by atoms with Crippen molar-refractivity contribution in [3.8, 4) is 0 Å². The molecule has 0 fully saturated rings. The van der Waals surface area contributed by atoms with Crippen LogP contribution >= 0.6 is 0 Å². The van der Waals surface area contributed by atoms with Crippen molar-refractivity contribution in [2.45, 2.75) is 46.8 Å². The average molecular weight is 435 g/mol. The van der Waals surface area contributed by atoms with Crippen LogP contribution in [0.1, 0.15) is 37.6 Å². The minimum atomic E-state index is -0.457. The highest BCUT2D eigenvalue weighted by atomic mass is 16.6. The van der Waals surface area contributed by atoms with Crippen molar-refractivity contribution in [2.75, 3.05) is 5.32 Å². The molecule has 1 unspecified atom stereocenters. The minimum absolute atomic E-state index is 0.00429. The first-order valence-corrected chi connectivity index (χ1v) is 10.8. The zero-order valence-corrected chi connectivity index (χ0v) is 19.0. The van der Waals surface area contributed by atoms with Crippen molar-refractivity contribution >= 4 is 17.4 Å². The number of aromatic nitrogens is 1. The second-order valence-corrected chi connectivity index (χ2v) is 8.46. The number of amides is 2. The van der Waals surface area contributed by atoms with E-state index in [0.717, 1.165) is 12.2 Å². The summed E-state index contributed by atoms with van der Waals surface area (Å²) in [4.78, 5) is 25.4. The van der Waals surface area contributed by atoms with Crippen LogP contribution in [0.3, 0.4) is 0 Å². The summed E-state index contributed by atoms with van der Waals surface area (Å²) in [6, 6.07) is 18.1. The number of hydrogen-bond acceptors (Lipinski definition) is 3. The Morgan fingerprint density at radius 2 is 1.81 bits per heavy atom. The predicted octanol–water partition coefficient (Wildman–Crippen LogP) is 5.83. The van der Waals surface area contributed by atoms with Gasteiger partial charge in [-0.25, -0.2) is 4.79 Å². The van der Waals surface area contributed by atoms with Gasteiger partial charge in [0.25, 0.3) is 5.69 Å². The molecule has 3 aromatic rings. The summed E-state index contributed by atoms with van der Waals surface area (Å²) in [6.07, 6.45) is 2.03. The van der Waals surface area contributed by atoms with Gasteiger partial charge in [-0.3, -0.25) is 10.1 Å². The number of carbonyl (C=O) groups is 1. The molecule has 7 nitrogen and oxygen atoms in total.